The summed E-state index contributed by atoms with van der Waals surface area (Å²) >= 11 is 0. The van der Waals surface area contributed by atoms with E-state index >= 15 is 0 Å². The van der Waals surface area contributed by atoms with Crippen molar-refractivity contribution in [2.75, 3.05) is 0 Å². The van der Waals surface area contributed by atoms with Gasteiger partial charge in [-0.3, -0.25) is 4.79 Å². The Morgan fingerprint density at radius 3 is 2.58 bits per heavy atom. The van der Waals surface area contributed by atoms with Crippen molar-refractivity contribution in [1.82, 2.24) is 4.57 Å². The minimum Gasteiger partial charge on any atom is -0.485 e. The number of pyridine rings is 1. The molecule has 0 fully saturated rings. The molecule has 1 unspecified atom stereocenters. The summed E-state index contributed by atoms with van der Waals surface area (Å²) in [4.78, 5) is 13.1. The SMILES string of the molecule is CCC1C=Cc2c(c3ccccc3n(Cc3ccccc3)c2=O)O1. The highest BCUT2D eigenvalue weighted by molar-refractivity contribution is 5.89. The topological polar surface area (TPSA) is 31.2 Å². The molecule has 0 aliphatic carbocycles. The van der Waals surface area contributed by atoms with E-state index in [1.807, 2.05) is 71.3 Å². The Morgan fingerprint density at radius 1 is 1.04 bits per heavy atom. The molecule has 4 rings (SSSR count). The Hall–Kier alpha value is -2.81. The molecule has 24 heavy (non-hydrogen) atoms. The molecule has 120 valence electrons. The van der Waals surface area contributed by atoms with Crippen molar-refractivity contribution in [3.8, 4) is 5.75 Å². The van der Waals surface area contributed by atoms with Crippen molar-refractivity contribution < 1.29 is 4.74 Å². The summed E-state index contributed by atoms with van der Waals surface area (Å²) < 4.78 is 7.92. The average molecular weight is 317 g/mol. The Morgan fingerprint density at radius 2 is 1.79 bits per heavy atom. The molecule has 2 aromatic carbocycles. The molecule has 0 bridgehead atoms. The van der Waals surface area contributed by atoms with Crippen molar-refractivity contribution in [1.29, 1.82) is 0 Å². The third-order valence-corrected chi connectivity index (χ3v) is 4.49. The van der Waals surface area contributed by atoms with Crippen LogP contribution in [0.25, 0.3) is 17.0 Å². The van der Waals surface area contributed by atoms with Crippen LogP contribution in [0.15, 0.2) is 65.5 Å². The van der Waals surface area contributed by atoms with Gasteiger partial charge in [0.1, 0.15) is 11.9 Å². The molecule has 0 N–H and O–H groups in total. The summed E-state index contributed by atoms with van der Waals surface area (Å²) in [6.45, 7) is 2.64. The second-order valence-electron chi connectivity index (χ2n) is 6.06. The maximum atomic E-state index is 13.1. The van der Waals surface area contributed by atoms with Gasteiger partial charge in [0.25, 0.3) is 5.56 Å². The van der Waals surface area contributed by atoms with Crippen LogP contribution in [0, 0.1) is 0 Å². The average Bonchev–Trinajstić information content (AvgIpc) is 2.65. The molecule has 0 radical (unpaired) electrons. The highest BCUT2D eigenvalue weighted by atomic mass is 16.5. The quantitative estimate of drug-likeness (QED) is 0.724. The lowest BCUT2D eigenvalue weighted by Crippen LogP contribution is -2.27. The monoisotopic (exact) mass is 317 g/mol. The standard InChI is InChI=1S/C21H19NO2/c1-2-16-12-13-18-20(24-16)17-10-6-7-11-19(17)22(21(18)23)14-15-8-4-3-5-9-15/h3-13,16H,2,14H2,1H3. The van der Waals surface area contributed by atoms with E-state index in [0.717, 1.165) is 22.9 Å². The van der Waals surface area contributed by atoms with E-state index in [-0.39, 0.29) is 11.7 Å². The molecule has 1 aromatic heterocycles. The first-order chi connectivity index (χ1) is 11.8. The first-order valence-electron chi connectivity index (χ1n) is 8.32. The summed E-state index contributed by atoms with van der Waals surface area (Å²) in [5, 5.41) is 0.992. The van der Waals surface area contributed by atoms with E-state index in [4.69, 9.17) is 4.74 Å². The lowest BCUT2D eigenvalue weighted by molar-refractivity contribution is 0.244. The van der Waals surface area contributed by atoms with Crippen LogP contribution in [0.3, 0.4) is 0 Å². The Bertz CT molecular complexity index is 970. The van der Waals surface area contributed by atoms with E-state index in [1.54, 1.807) is 0 Å². The van der Waals surface area contributed by atoms with Gasteiger partial charge in [-0.15, -0.1) is 0 Å². The smallest absolute Gasteiger partial charge is 0.262 e. The third-order valence-electron chi connectivity index (χ3n) is 4.49. The number of benzene rings is 2. The number of hydrogen-bond acceptors (Lipinski definition) is 2. The molecule has 1 aliphatic rings. The minimum atomic E-state index is -0.00152. The summed E-state index contributed by atoms with van der Waals surface area (Å²) in [6, 6.07) is 18.0. The molecule has 0 saturated heterocycles. The number of aromatic nitrogens is 1. The fraction of sp³-hybridized carbons (Fsp3) is 0.190. The van der Waals surface area contributed by atoms with Gasteiger partial charge in [0.2, 0.25) is 0 Å². The maximum Gasteiger partial charge on any atom is 0.262 e. The van der Waals surface area contributed by atoms with E-state index in [2.05, 4.69) is 6.92 Å². The molecule has 2 heterocycles. The van der Waals surface area contributed by atoms with Gasteiger partial charge in [0.15, 0.2) is 0 Å². The van der Waals surface area contributed by atoms with Crippen molar-refractivity contribution in [2.45, 2.75) is 26.0 Å². The van der Waals surface area contributed by atoms with Gasteiger partial charge in [-0.1, -0.05) is 49.4 Å². The Balaban J connectivity index is 1.95. The number of fused-ring (bicyclic) bond motifs is 3. The predicted molar refractivity (Wildman–Crippen MR) is 97.5 cm³/mol. The van der Waals surface area contributed by atoms with Crippen LogP contribution >= 0.6 is 0 Å². The van der Waals surface area contributed by atoms with E-state index in [1.165, 1.54) is 0 Å². The van der Waals surface area contributed by atoms with Crippen LogP contribution in [0.2, 0.25) is 0 Å². The first-order valence-corrected chi connectivity index (χ1v) is 8.32. The number of nitrogens with zero attached hydrogens (tertiary/aromatic N) is 1. The van der Waals surface area contributed by atoms with E-state index in [0.29, 0.717) is 17.9 Å². The summed E-state index contributed by atoms with van der Waals surface area (Å²) in [6.07, 6.45) is 4.82. The van der Waals surface area contributed by atoms with Gasteiger partial charge >= 0.3 is 0 Å². The molecule has 3 heteroatoms. The fourth-order valence-corrected chi connectivity index (χ4v) is 3.21. The second kappa shape index (κ2) is 6.00. The normalized spacial score (nSPS) is 16.0. The highest BCUT2D eigenvalue weighted by Gasteiger charge is 2.21. The third kappa shape index (κ3) is 2.42. The van der Waals surface area contributed by atoms with Crippen LogP contribution < -0.4 is 10.3 Å². The van der Waals surface area contributed by atoms with Crippen LogP contribution in [0.1, 0.15) is 24.5 Å². The van der Waals surface area contributed by atoms with Gasteiger partial charge in [0.05, 0.1) is 17.6 Å². The molecule has 3 aromatic rings. The van der Waals surface area contributed by atoms with Gasteiger partial charge < -0.3 is 9.30 Å². The lowest BCUT2D eigenvalue weighted by atomic mass is 10.0. The first kappa shape index (κ1) is 14.8. The zero-order valence-electron chi connectivity index (χ0n) is 13.6. The van der Waals surface area contributed by atoms with Crippen molar-refractivity contribution in [3.63, 3.8) is 0 Å². The van der Waals surface area contributed by atoms with Crippen LogP contribution in [-0.2, 0) is 6.54 Å². The van der Waals surface area contributed by atoms with Gasteiger partial charge in [-0.25, -0.2) is 0 Å². The van der Waals surface area contributed by atoms with Crippen molar-refractivity contribution in [2.24, 2.45) is 0 Å². The number of ether oxygens (including phenoxy) is 1. The molecule has 0 saturated carbocycles. The molecule has 3 nitrogen and oxygen atoms in total. The van der Waals surface area contributed by atoms with E-state index in [9.17, 15) is 4.79 Å². The Kier molecular flexibility index (Phi) is 3.69. The number of hydrogen-bond donors (Lipinski definition) is 0. The van der Waals surface area contributed by atoms with Crippen molar-refractivity contribution in [3.05, 3.63) is 82.2 Å². The molecule has 0 amide bonds. The minimum absolute atomic E-state index is 0.00152. The van der Waals surface area contributed by atoms with Gasteiger partial charge in [0, 0.05) is 5.39 Å². The largest absolute Gasteiger partial charge is 0.485 e. The van der Waals surface area contributed by atoms with Crippen molar-refractivity contribution >= 4 is 17.0 Å². The summed E-state index contributed by atoms with van der Waals surface area (Å²) in [5.74, 6) is 0.717. The summed E-state index contributed by atoms with van der Waals surface area (Å²) in [7, 11) is 0. The predicted octanol–water partition coefficient (Wildman–Crippen LogP) is 4.23. The highest BCUT2D eigenvalue weighted by Crippen LogP contribution is 2.32. The van der Waals surface area contributed by atoms with Crippen LogP contribution in [-0.4, -0.2) is 10.7 Å². The zero-order chi connectivity index (χ0) is 16.5. The van der Waals surface area contributed by atoms with Gasteiger partial charge in [-0.2, -0.15) is 0 Å². The maximum absolute atomic E-state index is 13.1. The number of para-hydroxylation sites is 1. The zero-order valence-corrected chi connectivity index (χ0v) is 13.6. The molecular weight excluding hydrogens is 298 g/mol. The molecule has 1 atom stereocenters. The Labute approximate surface area is 140 Å². The van der Waals surface area contributed by atoms with E-state index < -0.39 is 0 Å². The fourth-order valence-electron chi connectivity index (χ4n) is 3.21. The van der Waals surface area contributed by atoms with Crippen LogP contribution in [0.5, 0.6) is 5.75 Å². The molecular formula is C21H19NO2. The second-order valence-corrected chi connectivity index (χ2v) is 6.06. The molecule has 1 aliphatic heterocycles. The van der Waals surface area contributed by atoms with Gasteiger partial charge in [-0.05, 0) is 36.3 Å². The van der Waals surface area contributed by atoms with Crippen LogP contribution in [0.4, 0.5) is 0 Å². The lowest BCUT2D eigenvalue weighted by Gasteiger charge is -2.23. The molecule has 0 spiro atoms. The summed E-state index contributed by atoms with van der Waals surface area (Å²) in [5.41, 5.74) is 2.67. The number of rotatable bonds is 3.